The second kappa shape index (κ2) is 10.1. The minimum absolute atomic E-state index is 0.0877. The van der Waals surface area contributed by atoms with Gasteiger partial charge in [-0.15, -0.1) is 0 Å². The van der Waals surface area contributed by atoms with Crippen LogP contribution in [0.3, 0.4) is 0 Å². The van der Waals surface area contributed by atoms with Gasteiger partial charge in [0.2, 0.25) is 11.8 Å². The number of hydrogen-bond donors (Lipinski definition) is 1. The summed E-state index contributed by atoms with van der Waals surface area (Å²) in [5, 5.41) is 11.2. The smallest absolute Gasteiger partial charge is 0.417 e. The number of methoxy groups -OCH3 is 2. The molecule has 0 spiro atoms. The third-order valence-electron chi connectivity index (χ3n) is 8.32. The van der Waals surface area contributed by atoms with E-state index in [1.807, 2.05) is 6.07 Å². The number of pyridine rings is 2. The number of amides is 1. The summed E-state index contributed by atoms with van der Waals surface area (Å²) < 4.78 is 50.1. The van der Waals surface area contributed by atoms with Gasteiger partial charge in [0.25, 0.3) is 0 Å². The molecule has 0 aromatic carbocycles. The maximum atomic E-state index is 13.7. The molecule has 0 atom stereocenters. The van der Waals surface area contributed by atoms with E-state index in [0.717, 1.165) is 30.7 Å². The van der Waals surface area contributed by atoms with E-state index in [4.69, 9.17) is 9.47 Å². The molecule has 38 heavy (non-hydrogen) atoms. The molecule has 2 aromatic heterocycles. The Morgan fingerprint density at radius 1 is 1.16 bits per heavy atom. The van der Waals surface area contributed by atoms with Crippen molar-refractivity contribution in [1.82, 2.24) is 19.8 Å². The average molecular weight is 535 g/mol. The maximum absolute atomic E-state index is 13.7. The van der Waals surface area contributed by atoms with Gasteiger partial charge in [-0.05, 0) is 43.4 Å². The number of hydrogen-bond acceptors (Lipinski definition) is 7. The fourth-order valence-corrected chi connectivity index (χ4v) is 6.15. The van der Waals surface area contributed by atoms with Crippen LogP contribution < -0.4 is 4.74 Å². The Morgan fingerprint density at radius 3 is 2.50 bits per heavy atom. The fraction of sp³-hybridized carbons (Fsp3) is 0.593. The van der Waals surface area contributed by atoms with Crippen LogP contribution in [0.5, 0.6) is 5.88 Å². The minimum Gasteiger partial charge on any atom is -0.481 e. The number of rotatable bonds is 6. The first-order chi connectivity index (χ1) is 18.1. The Kier molecular flexibility index (Phi) is 7.12. The van der Waals surface area contributed by atoms with Gasteiger partial charge < -0.3 is 19.5 Å². The highest BCUT2D eigenvalue weighted by molar-refractivity contribution is 5.85. The molecule has 1 amide bonds. The van der Waals surface area contributed by atoms with Crippen molar-refractivity contribution in [3.63, 3.8) is 0 Å². The number of aliphatic hydroxyl groups is 1. The quantitative estimate of drug-likeness (QED) is 0.609. The highest BCUT2D eigenvalue weighted by atomic mass is 19.4. The van der Waals surface area contributed by atoms with Gasteiger partial charge in [0.1, 0.15) is 0 Å². The number of halogens is 3. The summed E-state index contributed by atoms with van der Waals surface area (Å²) in [6.07, 6.45) is 1.21. The van der Waals surface area contributed by atoms with E-state index in [1.165, 1.54) is 0 Å². The third-order valence-corrected chi connectivity index (χ3v) is 8.32. The summed E-state index contributed by atoms with van der Waals surface area (Å²) >= 11 is 0. The van der Waals surface area contributed by atoms with Crippen molar-refractivity contribution < 1.29 is 32.5 Å². The average Bonchev–Trinajstić information content (AvgIpc) is 2.89. The highest BCUT2D eigenvalue weighted by Gasteiger charge is 2.54. The van der Waals surface area contributed by atoms with Crippen molar-refractivity contribution in [2.75, 3.05) is 40.5 Å². The molecule has 0 unspecified atom stereocenters. The minimum atomic E-state index is -4.48. The SMILES string of the molecule is COCC1(C(=O)N2CCc3ncc(C(F)(F)F)cc3C2)CN(C2CCC(O)(c3ccc(OC)nc3)CC2)C1. The monoisotopic (exact) mass is 534 g/mol. The lowest BCUT2D eigenvalue weighted by Crippen LogP contribution is -2.68. The molecule has 4 heterocycles. The number of ether oxygens (including phenoxy) is 2. The number of nitrogens with zero attached hydrogens (tertiary/aromatic N) is 4. The lowest BCUT2D eigenvalue weighted by molar-refractivity contribution is -0.166. The molecule has 5 rings (SSSR count). The summed E-state index contributed by atoms with van der Waals surface area (Å²) in [7, 11) is 3.11. The normalized spacial score (nSPS) is 25.4. The van der Waals surface area contributed by atoms with Gasteiger partial charge in [-0.3, -0.25) is 14.7 Å². The first kappa shape index (κ1) is 26.8. The number of likely N-dealkylation sites (tertiary alicyclic amines) is 1. The van der Waals surface area contributed by atoms with Crippen LogP contribution in [-0.4, -0.2) is 77.3 Å². The number of fused-ring (bicyclic) bond motifs is 1. The van der Waals surface area contributed by atoms with Crippen molar-refractivity contribution in [3.05, 3.63) is 53.0 Å². The van der Waals surface area contributed by atoms with Gasteiger partial charge in [0.05, 0.1) is 30.3 Å². The molecule has 2 fully saturated rings. The number of carbonyl (C=O) groups is 1. The zero-order valence-corrected chi connectivity index (χ0v) is 21.6. The van der Waals surface area contributed by atoms with Crippen molar-refractivity contribution in [2.45, 2.75) is 56.5 Å². The molecular formula is C27H33F3N4O4. The molecule has 1 saturated carbocycles. The lowest BCUT2D eigenvalue weighted by Gasteiger charge is -2.55. The molecule has 8 nitrogen and oxygen atoms in total. The molecule has 0 radical (unpaired) electrons. The Hall–Kier alpha value is -2.76. The van der Waals surface area contributed by atoms with Crippen molar-refractivity contribution >= 4 is 5.91 Å². The van der Waals surface area contributed by atoms with Crippen molar-refractivity contribution in [3.8, 4) is 5.88 Å². The number of alkyl halides is 3. The fourth-order valence-electron chi connectivity index (χ4n) is 6.15. The summed E-state index contributed by atoms with van der Waals surface area (Å²) in [6, 6.07) is 4.94. The summed E-state index contributed by atoms with van der Waals surface area (Å²) in [4.78, 5) is 25.8. The molecule has 11 heteroatoms. The second-order valence-corrected chi connectivity index (χ2v) is 10.8. The van der Waals surface area contributed by atoms with Crippen molar-refractivity contribution in [2.24, 2.45) is 5.41 Å². The summed E-state index contributed by atoms with van der Waals surface area (Å²) in [5.41, 5.74) is -0.630. The topological polar surface area (TPSA) is 88.0 Å². The van der Waals surface area contributed by atoms with E-state index in [0.29, 0.717) is 56.0 Å². The number of aromatic nitrogens is 2. The van der Waals surface area contributed by atoms with Gasteiger partial charge in [-0.2, -0.15) is 13.2 Å². The first-order valence-corrected chi connectivity index (χ1v) is 12.9. The van der Waals surface area contributed by atoms with Crippen LogP contribution in [0.4, 0.5) is 13.2 Å². The van der Waals surface area contributed by atoms with Crippen LogP contribution in [-0.2, 0) is 34.3 Å². The molecule has 2 aromatic rings. The van der Waals surface area contributed by atoms with E-state index in [2.05, 4.69) is 14.9 Å². The zero-order chi connectivity index (χ0) is 27.1. The van der Waals surface area contributed by atoms with Crippen LogP contribution in [0.2, 0.25) is 0 Å². The Bertz CT molecular complexity index is 1160. The van der Waals surface area contributed by atoms with Gasteiger partial charge in [0, 0.05) is 75.5 Å². The van der Waals surface area contributed by atoms with Crippen molar-refractivity contribution in [1.29, 1.82) is 0 Å². The molecule has 3 aliphatic rings. The van der Waals surface area contributed by atoms with Crippen LogP contribution >= 0.6 is 0 Å². The van der Waals surface area contributed by atoms with E-state index < -0.39 is 22.8 Å². The Balaban J connectivity index is 1.22. The third kappa shape index (κ3) is 4.99. The van der Waals surface area contributed by atoms with E-state index in [-0.39, 0.29) is 25.1 Å². The molecule has 1 N–H and O–H groups in total. The van der Waals surface area contributed by atoms with Gasteiger partial charge >= 0.3 is 6.18 Å². The van der Waals surface area contributed by atoms with Gasteiger partial charge in [-0.1, -0.05) is 0 Å². The highest BCUT2D eigenvalue weighted by Crippen LogP contribution is 2.43. The van der Waals surface area contributed by atoms with Crippen LogP contribution in [0.15, 0.2) is 30.6 Å². The van der Waals surface area contributed by atoms with E-state index in [9.17, 15) is 23.1 Å². The molecule has 1 saturated heterocycles. The van der Waals surface area contributed by atoms with Gasteiger partial charge in [0.15, 0.2) is 0 Å². The second-order valence-electron chi connectivity index (χ2n) is 10.8. The van der Waals surface area contributed by atoms with Crippen LogP contribution in [0, 0.1) is 5.41 Å². The van der Waals surface area contributed by atoms with Crippen LogP contribution in [0.1, 0.15) is 48.1 Å². The van der Waals surface area contributed by atoms with Gasteiger partial charge in [-0.25, -0.2) is 4.98 Å². The number of carbonyl (C=O) groups excluding carboxylic acids is 1. The zero-order valence-electron chi connectivity index (χ0n) is 21.6. The lowest BCUT2D eigenvalue weighted by atomic mass is 9.73. The predicted octanol–water partition coefficient (Wildman–Crippen LogP) is 3.17. The predicted molar refractivity (Wildman–Crippen MR) is 131 cm³/mol. The summed E-state index contributed by atoms with van der Waals surface area (Å²) in [5.74, 6) is 0.412. The molecule has 1 aliphatic carbocycles. The standard InChI is InChI=1S/C27H33F3N4O4/c1-37-17-25(24(35)33-10-7-22-18(14-33)11-20(13-31-22)27(28,29)30)15-34(16-25)21-5-8-26(36,9-6-21)19-3-4-23(38-2)32-12-19/h3-4,11-13,21,36H,5-10,14-17H2,1-2H3. The molecule has 0 bridgehead atoms. The molecule has 206 valence electrons. The maximum Gasteiger partial charge on any atom is 0.417 e. The Morgan fingerprint density at radius 2 is 1.89 bits per heavy atom. The van der Waals surface area contributed by atoms with E-state index >= 15 is 0 Å². The molecular weight excluding hydrogens is 501 g/mol. The molecule has 2 aliphatic heterocycles. The first-order valence-electron chi connectivity index (χ1n) is 12.9. The summed E-state index contributed by atoms with van der Waals surface area (Å²) in [6.45, 7) is 1.83. The largest absolute Gasteiger partial charge is 0.481 e. The van der Waals surface area contributed by atoms with Crippen LogP contribution in [0.25, 0.3) is 0 Å². The Labute approximate surface area is 219 Å². The van der Waals surface area contributed by atoms with E-state index in [1.54, 1.807) is 31.4 Å².